The number of carbonyl (C=O) groups excluding carboxylic acids is 1. The number of carboxylic acids is 1. The van der Waals surface area contributed by atoms with E-state index < -0.39 is 44.3 Å². The fourth-order valence-electron chi connectivity index (χ4n) is 0.722. The van der Waals surface area contributed by atoms with Gasteiger partial charge in [0.1, 0.15) is 0 Å². The van der Waals surface area contributed by atoms with E-state index in [0.717, 1.165) is 12.1 Å². The van der Waals surface area contributed by atoms with Gasteiger partial charge in [-0.1, -0.05) is 0 Å². The van der Waals surface area contributed by atoms with Gasteiger partial charge in [0, 0.05) is 5.56 Å². The molecule has 0 aromatic heterocycles. The molecular weight excluding hydrogens is 288 g/mol. The summed E-state index contributed by atoms with van der Waals surface area (Å²) in [5.74, 6) is -3.69. The van der Waals surface area contributed by atoms with E-state index >= 15 is 0 Å². The Hall–Kier alpha value is -1.15. The van der Waals surface area contributed by atoms with Crippen LogP contribution >= 0.6 is 0 Å². The molecule has 0 amide bonds. The zero-order valence-corrected chi connectivity index (χ0v) is 12.0. The van der Waals surface area contributed by atoms with Gasteiger partial charge in [0.15, 0.2) is 17.2 Å². The number of carboxylic acid groups (broad SMARTS) is 1. The summed E-state index contributed by atoms with van der Waals surface area (Å²) in [6, 6.07) is 1.56. The van der Waals surface area contributed by atoms with E-state index in [9.17, 15) is 9.90 Å². The second-order valence-corrected chi connectivity index (χ2v) is 2.44. The van der Waals surface area contributed by atoms with Crippen LogP contribution in [0.1, 0.15) is 10.4 Å². The Morgan fingerprint density at radius 2 is 1.50 bits per heavy atom. The normalized spacial score (nSPS) is 7.75. The zero-order chi connectivity index (χ0) is 12.0. The molecule has 3 N–H and O–H groups in total. The second kappa shape index (κ2) is 8.05. The van der Waals surface area contributed by atoms with Crippen LogP contribution in [0.25, 0.3) is 0 Å². The molecule has 0 spiro atoms. The minimum absolute atomic E-state index is 0. The van der Waals surface area contributed by atoms with Crippen LogP contribution in [0.3, 0.4) is 0 Å². The average molecular weight is 293 g/mol. The number of aromatic carboxylic acids is 1. The van der Waals surface area contributed by atoms with Crippen LogP contribution in [0.2, 0.25) is 0 Å². The Kier molecular flexibility index (Phi) is 8.68. The maximum Gasteiger partial charge on any atom is 2.00 e. The van der Waals surface area contributed by atoms with Crippen molar-refractivity contribution >= 4 is 21.5 Å². The molecule has 0 aliphatic carbocycles. The summed E-state index contributed by atoms with van der Waals surface area (Å²) in [6.45, 7) is 0. The maximum absolute atomic E-state index is 10.2. The SMILES string of the molecule is O=C([O-])c1cc(O)c(O)c(O)c1.[O]=[Al][O-].[Zn+2]. The van der Waals surface area contributed by atoms with Crippen molar-refractivity contribution in [1.82, 2.24) is 0 Å². The van der Waals surface area contributed by atoms with Crippen LogP contribution in [0, 0.1) is 0 Å². The van der Waals surface area contributed by atoms with E-state index in [0.29, 0.717) is 0 Å². The number of aromatic hydroxyl groups is 3. The van der Waals surface area contributed by atoms with Crippen LogP contribution in [0.15, 0.2) is 12.1 Å². The molecule has 0 heterocycles. The molecule has 1 rings (SSSR count). The number of phenolic OH excluding ortho intramolecular Hbond substituents is 3. The molecule has 1 aromatic rings. The van der Waals surface area contributed by atoms with Gasteiger partial charge >= 0.3 is 42.9 Å². The number of hydrogen-bond donors (Lipinski definition) is 3. The maximum atomic E-state index is 10.2. The van der Waals surface area contributed by atoms with Crippen molar-refractivity contribution in [2.24, 2.45) is 0 Å². The average Bonchev–Trinajstić information content (AvgIpc) is 2.14. The fraction of sp³-hybridized carbons (Fsp3) is 0. The summed E-state index contributed by atoms with van der Waals surface area (Å²) in [5, 5.41) is 36.7. The van der Waals surface area contributed by atoms with Crippen molar-refractivity contribution in [2.75, 3.05) is 0 Å². The van der Waals surface area contributed by atoms with Crippen molar-refractivity contribution in [1.29, 1.82) is 0 Å². The molecule has 0 aliphatic rings. The Morgan fingerprint density at radius 1 is 1.19 bits per heavy atom. The van der Waals surface area contributed by atoms with E-state index in [4.69, 9.17) is 23.3 Å². The molecule has 80 valence electrons. The molecule has 0 aliphatic heterocycles. The van der Waals surface area contributed by atoms with Crippen LogP contribution < -0.4 is 9.26 Å². The molecule has 0 fully saturated rings. The third kappa shape index (κ3) is 5.08. The molecule has 9 heteroatoms. The number of rotatable bonds is 1. The first kappa shape index (κ1) is 17.2. The molecular formula is C7H5AlO7Zn. The smallest absolute Gasteiger partial charge is 2.00 e. The molecule has 0 saturated carbocycles. The summed E-state index contributed by atoms with van der Waals surface area (Å²) >= 11 is -1.75. The molecule has 0 radical (unpaired) electrons. The van der Waals surface area contributed by atoms with Gasteiger partial charge in [0.05, 0.1) is 5.97 Å². The van der Waals surface area contributed by atoms with Crippen molar-refractivity contribution in [3.05, 3.63) is 17.7 Å². The van der Waals surface area contributed by atoms with Crippen LogP contribution in [-0.2, 0) is 23.3 Å². The minimum atomic E-state index is -1.75. The van der Waals surface area contributed by atoms with Crippen LogP contribution in [0.4, 0.5) is 0 Å². The van der Waals surface area contributed by atoms with E-state index in [1.165, 1.54) is 0 Å². The third-order valence-electron chi connectivity index (χ3n) is 1.31. The van der Waals surface area contributed by atoms with Gasteiger partial charge in [-0.3, -0.25) is 0 Å². The molecule has 0 unspecified atom stereocenters. The Morgan fingerprint density at radius 3 is 1.75 bits per heavy atom. The van der Waals surface area contributed by atoms with Gasteiger partial charge in [-0.05, 0) is 12.1 Å². The predicted molar refractivity (Wildman–Crippen MR) is 42.2 cm³/mol. The summed E-state index contributed by atoms with van der Waals surface area (Å²) < 4.78 is 16.9. The molecule has 7 nitrogen and oxygen atoms in total. The first-order valence-electron chi connectivity index (χ1n) is 3.46. The Bertz CT molecular complexity index is 358. The van der Waals surface area contributed by atoms with Crippen molar-refractivity contribution in [3.63, 3.8) is 0 Å². The topological polar surface area (TPSA) is 141 Å². The van der Waals surface area contributed by atoms with Gasteiger partial charge in [0.2, 0.25) is 0 Å². The van der Waals surface area contributed by atoms with Crippen molar-refractivity contribution in [2.45, 2.75) is 0 Å². The number of carbonyl (C=O) groups is 1. The molecule has 0 saturated heterocycles. The van der Waals surface area contributed by atoms with E-state index in [-0.39, 0.29) is 19.5 Å². The summed E-state index contributed by atoms with van der Waals surface area (Å²) in [7, 11) is 0. The summed E-state index contributed by atoms with van der Waals surface area (Å²) in [5.41, 5.74) is -0.400. The first-order chi connectivity index (χ1) is 6.93. The molecule has 1 aromatic carbocycles. The number of benzene rings is 1. The zero-order valence-electron chi connectivity index (χ0n) is 7.91. The van der Waals surface area contributed by atoms with Gasteiger partial charge < -0.3 is 25.2 Å². The van der Waals surface area contributed by atoms with Gasteiger partial charge in [-0.25, -0.2) is 0 Å². The second-order valence-electron chi connectivity index (χ2n) is 2.25. The van der Waals surface area contributed by atoms with E-state index in [1.54, 1.807) is 0 Å². The largest absolute Gasteiger partial charge is 2.00 e. The molecule has 0 bridgehead atoms. The van der Waals surface area contributed by atoms with Crippen molar-refractivity contribution in [3.8, 4) is 17.2 Å². The first-order valence-corrected chi connectivity index (χ1v) is 4.40. The summed E-state index contributed by atoms with van der Waals surface area (Å²) in [6.07, 6.45) is 0. The fourth-order valence-corrected chi connectivity index (χ4v) is 0.722. The van der Waals surface area contributed by atoms with E-state index in [1.807, 2.05) is 0 Å². The van der Waals surface area contributed by atoms with Crippen LogP contribution in [-0.4, -0.2) is 36.8 Å². The van der Waals surface area contributed by atoms with Gasteiger partial charge in [0.25, 0.3) is 0 Å². The monoisotopic (exact) mass is 292 g/mol. The predicted octanol–water partition coefficient (Wildman–Crippen LogP) is -2.52. The van der Waals surface area contributed by atoms with Gasteiger partial charge in [-0.2, -0.15) is 0 Å². The third-order valence-corrected chi connectivity index (χ3v) is 1.31. The number of hydrogen-bond acceptors (Lipinski definition) is 7. The summed E-state index contributed by atoms with van der Waals surface area (Å²) in [4.78, 5) is 10.2. The minimum Gasteiger partial charge on any atom is 2.00 e. The standard InChI is InChI=1S/C7H6O5.Al.2O.Zn/c8-4-1-3(7(11)12)2-5(9)6(4)10;;;;/h1-2,8-10H,(H,11,12);;;;/q;;;-1;+2/p-1. The van der Waals surface area contributed by atoms with Crippen molar-refractivity contribution < 1.29 is 52.7 Å². The number of phenols is 3. The molecule has 0 atom stereocenters. The molecule has 16 heavy (non-hydrogen) atoms. The Balaban J connectivity index is 0. The Labute approximate surface area is 109 Å². The van der Waals surface area contributed by atoms with Gasteiger partial charge in [-0.15, -0.1) is 0 Å². The van der Waals surface area contributed by atoms with Crippen LogP contribution in [0.5, 0.6) is 17.2 Å². The van der Waals surface area contributed by atoms with E-state index in [2.05, 4.69) is 0 Å². The quantitative estimate of drug-likeness (QED) is 0.383.